The summed E-state index contributed by atoms with van der Waals surface area (Å²) in [5, 5.41) is 4.25. The lowest BCUT2D eigenvalue weighted by molar-refractivity contribution is 0.0272. The van der Waals surface area contributed by atoms with Gasteiger partial charge in [0.05, 0.1) is 29.5 Å². The second kappa shape index (κ2) is 7.93. The molecule has 34 heavy (non-hydrogen) atoms. The molecule has 11 heteroatoms. The van der Waals surface area contributed by atoms with Crippen LogP contribution in [0.4, 0.5) is 15.0 Å². The first-order chi connectivity index (χ1) is 16.1. The van der Waals surface area contributed by atoms with E-state index in [2.05, 4.69) is 15.1 Å². The fourth-order valence-electron chi connectivity index (χ4n) is 4.50. The SMILES string of the molecule is CC(C)(C)OC(=O)N1C[C@@H](N2CCc3ncc(-c4ccc5c(N)ncnn45)cc3C2=O)[C@@H](F)C1. The first-order valence-electron chi connectivity index (χ1n) is 11.1. The van der Waals surface area contributed by atoms with Crippen molar-refractivity contribution in [3.63, 3.8) is 0 Å². The highest BCUT2D eigenvalue weighted by Crippen LogP contribution is 2.30. The number of amides is 2. The van der Waals surface area contributed by atoms with E-state index in [0.29, 0.717) is 46.8 Å². The van der Waals surface area contributed by atoms with Crippen molar-refractivity contribution in [1.82, 2.24) is 29.4 Å². The topological polar surface area (TPSA) is 119 Å². The Morgan fingerprint density at radius 1 is 1.24 bits per heavy atom. The molecule has 2 aliphatic heterocycles. The van der Waals surface area contributed by atoms with Gasteiger partial charge in [-0.2, -0.15) is 5.10 Å². The number of carbonyl (C=O) groups excluding carboxylic acids is 2. The Morgan fingerprint density at radius 2 is 2.03 bits per heavy atom. The molecule has 5 heterocycles. The third-order valence-electron chi connectivity index (χ3n) is 6.10. The van der Waals surface area contributed by atoms with E-state index in [0.717, 1.165) is 0 Å². The van der Waals surface area contributed by atoms with E-state index in [1.807, 2.05) is 6.07 Å². The van der Waals surface area contributed by atoms with Gasteiger partial charge in [-0.1, -0.05) is 0 Å². The second-order valence-corrected chi connectivity index (χ2v) is 9.60. The average Bonchev–Trinajstić information content (AvgIpc) is 3.38. The monoisotopic (exact) mass is 467 g/mol. The molecule has 5 rings (SSSR count). The van der Waals surface area contributed by atoms with Crippen LogP contribution in [0, 0.1) is 0 Å². The summed E-state index contributed by atoms with van der Waals surface area (Å²) in [4.78, 5) is 37.2. The first kappa shape index (κ1) is 22.1. The number of likely N-dealkylation sites (tertiary alicyclic amines) is 1. The molecule has 178 valence electrons. The molecule has 2 N–H and O–H groups in total. The first-order valence-corrected chi connectivity index (χ1v) is 11.1. The summed E-state index contributed by atoms with van der Waals surface area (Å²) in [6.07, 6.45) is 1.62. The fraction of sp³-hybridized carbons (Fsp3) is 0.435. The molecule has 3 aromatic rings. The zero-order chi connectivity index (χ0) is 24.2. The quantitative estimate of drug-likeness (QED) is 0.614. The third kappa shape index (κ3) is 3.80. The Labute approximate surface area is 195 Å². The Kier molecular flexibility index (Phi) is 5.14. The van der Waals surface area contributed by atoms with Crippen LogP contribution in [0.1, 0.15) is 36.8 Å². The van der Waals surface area contributed by atoms with Crippen LogP contribution >= 0.6 is 0 Å². The lowest BCUT2D eigenvalue weighted by atomic mass is 9.99. The van der Waals surface area contributed by atoms with Crippen molar-refractivity contribution < 1.29 is 18.7 Å². The number of alkyl halides is 1. The number of carbonyl (C=O) groups is 2. The van der Waals surface area contributed by atoms with Crippen molar-refractivity contribution >= 4 is 23.3 Å². The smallest absolute Gasteiger partial charge is 0.410 e. The van der Waals surface area contributed by atoms with Gasteiger partial charge in [-0.25, -0.2) is 18.7 Å². The summed E-state index contributed by atoms with van der Waals surface area (Å²) < 4.78 is 22.0. The maximum Gasteiger partial charge on any atom is 0.410 e. The van der Waals surface area contributed by atoms with E-state index in [1.54, 1.807) is 43.6 Å². The van der Waals surface area contributed by atoms with Crippen LogP contribution in [0.5, 0.6) is 0 Å². The summed E-state index contributed by atoms with van der Waals surface area (Å²) in [5.74, 6) is 0.0449. The van der Waals surface area contributed by atoms with Gasteiger partial charge in [0.1, 0.15) is 23.6 Å². The molecular weight excluding hydrogens is 441 g/mol. The minimum absolute atomic E-state index is 0.0871. The molecule has 3 aromatic heterocycles. The van der Waals surface area contributed by atoms with Crippen LogP contribution in [0.3, 0.4) is 0 Å². The Balaban J connectivity index is 1.41. The predicted molar refractivity (Wildman–Crippen MR) is 122 cm³/mol. The largest absolute Gasteiger partial charge is 0.444 e. The van der Waals surface area contributed by atoms with Crippen LogP contribution < -0.4 is 5.73 Å². The highest BCUT2D eigenvalue weighted by molar-refractivity contribution is 5.97. The maximum absolute atomic E-state index is 15.0. The van der Waals surface area contributed by atoms with Crippen molar-refractivity contribution in [2.24, 2.45) is 0 Å². The van der Waals surface area contributed by atoms with E-state index in [1.165, 1.54) is 16.1 Å². The van der Waals surface area contributed by atoms with Gasteiger partial charge in [0.25, 0.3) is 5.91 Å². The molecular formula is C23H26FN7O3. The number of halogens is 1. The van der Waals surface area contributed by atoms with Crippen molar-refractivity contribution in [3.05, 3.63) is 42.0 Å². The number of nitrogens with zero attached hydrogens (tertiary/aromatic N) is 6. The zero-order valence-corrected chi connectivity index (χ0v) is 19.2. The normalized spacial score (nSPS) is 20.6. The molecule has 0 saturated carbocycles. The lowest BCUT2D eigenvalue weighted by Crippen LogP contribution is -2.49. The van der Waals surface area contributed by atoms with Crippen LogP contribution in [0.15, 0.2) is 30.7 Å². The standard InChI is InChI=1S/C23H26FN7O3/c1-23(2,3)34-22(33)29-10-15(24)19(11-29)30-7-6-16-14(21(30)32)8-13(9-26-16)17-4-5-18-20(25)27-12-28-31(17)18/h4-5,8-9,12,15,19H,6-7,10-11H2,1-3H3,(H2,25,27,28)/t15-,19+/m0/s1. The number of nitrogens with two attached hydrogens (primary N) is 1. The third-order valence-corrected chi connectivity index (χ3v) is 6.10. The number of hydrogen-bond acceptors (Lipinski definition) is 7. The van der Waals surface area contributed by atoms with Gasteiger partial charge in [-0.3, -0.25) is 9.78 Å². The van der Waals surface area contributed by atoms with Crippen molar-refractivity contribution in [3.8, 4) is 11.3 Å². The van der Waals surface area contributed by atoms with Gasteiger partial charge < -0.3 is 20.3 Å². The molecule has 1 saturated heterocycles. The molecule has 2 aliphatic rings. The number of fused-ring (bicyclic) bond motifs is 2. The molecule has 2 amide bonds. The number of anilines is 1. The number of ether oxygens (including phenoxy) is 1. The van der Waals surface area contributed by atoms with Gasteiger partial charge in [-0.15, -0.1) is 0 Å². The maximum atomic E-state index is 15.0. The second-order valence-electron chi connectivity index (χ2n) is 9.60. The van der Waals surface area contributed by atoms with Crippen LogP contribution in [-0.4, -0.2) is 78.8 Å². The Hall–Kier alpha value is -3.76. The summed E-state index contributed by atoms with van der Waals surface area (Å²) >= 11 is 0. The van der Waals surface area contributed by atoms with E-state index in [4.69, 9.17) is 10.5 Å². The molecule has 0 unspecified atom stereocenters. The molecule has 0 spiro atoms. The van der Waals surface area contributed by atoms with Gasteiger partial charge in [0.2, 0.25) is 0 Å². The minimum atomic E-state index is -1.36. The number of nitrogen functional groups attached to an aromatic ring is 1. The van der Waals surface area contributed by atoms with E-state index < -0.39 is 23.9 Å². The van der Waals surface area contributed by atoms with E-state index >= 15 is 0 Å². The molecule has 0 aromatic carbocycles. The van der Waals surface area contributed by atoms with Crippen LogP contribution in [0.25, 0.3) is 16.8 Å². The van der Waals surface area contributed by atoms with Gasteiger partial charge in [-0.05, 0) is 39.0 Å². The fourth-order valence-corrected chi connectivity index (χ4v) is 4.50. The highest BCUT2D eigenvalue weighted by atomic mass is 19.1. The van der Waals surface area contributed by atoms with Crippen LogP contribution in [0.2, 0.25) is 0 Å². The number of aromatic nitrogens is 4. The number of pyridine rings is 1. The zero-order valence-electron chi connectivity index (χ0n) is 19.2. The molecule has 2 atom stereocenters. The summed E-state index contributed by atoms with van der Waals surface area (Å²) in [6.45, 7) is 5.60. The molecule has 0 bridgehead atoms. The number of hydrogen-bond donors (Lipinski definition) is 1. The minimum Gasteiger partial charge on any atom is -0.444 e. The predicted octanol–water partition coefficient (Wildman–Crippen LogP) is 2.33. The molecule has 0 radical (unpaired) electrons. The summed E-state index contributed by atoms with van der Waals surface area (Å²) in [7, 11) is 0. The summed E-state index contributed by atoms with van der Waals surface area (Å²) in [6, 6.07) is 4.65. The van der Waals surface area contributed by atoms with Crippen LogP contribution in [-0.2, 0) is 11.2 Å². The molecule has 0 aliphatic carbocycles. The number of rotatable bonds is 2. The van der Waals surface area contributed by atoms with Gasteiger partial charge in [0, 0.05) is 31.3 Å². The van der Waals surface area contributed by atoms with Gasteiger partial charge >= 0.3 is 6.09 Å². The van der Waals surface area contributed by atoms with Crippen molar-refractivity contribution in [2.45, 2.75) is 45.0 Å². The lowest BCUT2D eigenvalue weighted by Gasteiger charge is -2.34. The van der Waals surface area contributed by atoms with E-state index in [9.17, 15) is 14.0 Å². The summed E-state index contributed by atoms with van der Waals surface area (Å²) in [5.41, 5.74) is 8.38. The molecule has 1 fully saturated rings. The van der Waals surface area contributed by atoms with Crippen molar-refractivity contribution in [1.29, 1.82) is 0 Å². The highest BCUT2D eigenvalue weighted by Gasteiger charge is 2.43. The van der Waals surface area contributed by atoms with Crippen molar-refractivity contribution in [2.75, 3.05) is 25.4 Å². The molecule has 10 nitrogen and oxygen atoms in total. The van der Waals surface area contributed by atoms with E-state index in [-0.39, 0.29) is 19.0 Å². The average molecular weight is 468 g/mol. The Bertz CT molecular complexity index is 1290. The Morgan fingerprint density at radius 3 is 2.79 bits per heavy atom. The van der Waals surface area contributed by atoms with Gasteiger partial charge in [0.15, 0.2) is 5.82 Å².